The molecule has 0 aliphatic carbocycles. The topological polar surface area (TPSA) is 29.1 Å². The van der Waals surface area contributed by atoms with Crippen molar-refractivity contribution in [2.75, 3.05) is 12.3 Å². The van der Waals surface area contributed by atoms with Gasteiger partial charge in [0.1, 0.15) is 0 Å². The van der Waals surface area contributed by atoms with Crippen molar-refractivity contribution in [2.24, 2.45) is 5.92 Å². The van der Waals surface area contributed by atoms with Gasteiger partial charge in [-0.2, -0.15) is 0 Å². The Morgan fingerprint density at radius 3 is 2.57 bits per heavy atom. The summed E-state index contributed by atoms with van der Waals surface area (Å²) >= 11 is 1.69. The van der Waals surface area contributed by atoms with Gasteiger partial charge in [0.2, 0.25) is 5.91 Å². The van der Waals surface area contributed by atoms with Crippen LogP contribution in [-0.4, -0.2) is 18.2 Å². The number of benzene rings is 1. The number of hydrogen-bond acceptors (Lipinski definition) is 2. The number of nitrogens with one attached hydrogen (secondary N) is 1. The second-order valence-electron chi connectivity index (χ2n) is 5.70. The Morgan fingerprint density at radius 1 is 1.24 bits per heavy atom. The summed E-state index contributed by atoms with van der Waals surface area (Å²) in [6.07, 6.45) is 4.87. The van der Waals surface area contributed by atoms with Gasteiger partial charge in [0.25, 0.3) is 0 Å². The second kappa shape index (κ2) is 10.7. The fourth-order valence-corrected chi connectivity index (χ4v) is 3.02. The van der Waals surface area contributed by atoms with E-state index in [0.717, 1.165) is 18.7 Å². The maximum Gasteiger partial charge on any atom is 0.230 e. The molecule has 1 aromatic carbocycles. The average molecular weight is 308 g/mol. The molecule has 0 unspecified atom stereocenters. The summed E-state index contributed by atoms with van der Waals surface area (Å²) in [6, 6.07) is 8.52. The van der Waals surface area contributed by atoms with E-state index in [1.54, 1.807) is 11.8 Å². The van der Waals surface area contributed by atoms with Gasteiger partial charge in [0, 0.05) is 12.3 Å². The maximum atomic E-state index is 11.8. The standard InChI is InChI=1S/C18H29NOS/c1-4-6-7-16(5-2)12-19-18(20)14-21-13-17-10-8-15(3)9-11-17/h8-11,16H,4-7,12-14H2,1-3H3,(H,19,20)/t16-/m0/s1. The zero-order valence-corrected chi connectivity index (χ0v) is 14.5. The van der Waals surface area contributed by atoms with Crippen molar-refractivity contribution in [2.45, 2.75) is 52.2 Å². The van der Waals surface area contributed by atoms with Crippen molar-refractivity contribution in [1.29, 1.82) is 0 Å². The number of aryl methyl sites for hydroxylation is 1. The van der Waals surface area contributed by atoms with Crippen molar-refractivity contribution >= 4 is 17.7 Å². The monoisotopic (exact) mass is 307 g/mol. The molecular formula is C18H29NOS. The predicted octanol–water partition coefficient (Wildman–Crippen LogP) is 4.56. The van der Waals surface area contributed by atoms with Gasteiger partial charge in [-0.1, -0.05) is 62.9 Å². The van der Waals surface area contributed by atoms with E-state index in [0.29, 0.717) is 11.7 Å². The van der Waals surface area contributed by atoms with Gasteiger partial charge < -0.3 is 5.32 Å². The molecule has 0 fully saturated rings. The van der Waals surface area contributed by atoms with E-state index in [4.69, 9.17) is 0 Å². The maximum absolute atomic E-state index is 11.8. The molecule has 1 amide bonds. The van der Waals surface area contributed by atoms with Crippen LogP contribution < -0.4 is 5.32 Å². The largest absolute Gasteiger partial charge is 0.355 e. The van der Waals surface area contributed by atoms with E-state index in [2.05, 4.69) is 50.4 Å². The minimum Gasteiger partial charge on any atom is -0.355 e. The lowest BCUT2D eigenvalue weighted by molar-refractivity contribution is -0.118. The highest BCUT2D eigenvalue weighted by molar-refractivity contribution is 7.99. The number of amides is 1. The molecule has 0 bridgehead atoms. The van der Waals surface area contributed by atoms with Crippen molar-refractivity contribution < 1.29 is 4.79 Å². The molecule has 0 spiro atoms. The van der Waals surface area contributed by atoms with E-state index < -0.39 is 0 Å². The SMILES string of the molecule is CCCC[C@H](CC)CNC(=O)CSCc1ccc(C)cc1. The molecule has 1 rings (SSSR count). The molecule has 0 aromatic heterocycles. The van der Waals surface area contributed by atoms with Crippen LogP contribution in [0.1, 0.15) is 50.7 Å². The van der Waals surface area contributed by atoms with E-state index in [1.807, 2.05) is 0 Å². The van der Waals surface area contributed by atoms with Crippen LogP contribution in [0.25, 0.3) is 0 Å². The Hall–Kier alpha value is -0.960. The fourth-order valence-electron chi connectivity index (χ4n) is 2.20. The molecule has 1 N–H and O–H groups in total. The Bertz CT molecular complexity index is 402. The highest BCUT2D eigenvalue weighted by atomic mass is 32.2. The van der Waals surface area contributed by atoms with E-state index in [1.165, 1.54) is 30.4 Å². The molecule has 0 aliphatic rings. The number of thioether (sulfide) groups is 1. The van der Waals surface area contributed by atoms with Crippen LogP contribution in [-0.2, 0) is 10.5 Å². The molecule has 1 atom stereocenters. The first-order valence-corrected chi connectivity index (χ1v) is 9.21. The van der Waals surface area contributed by atoms with Crippen LogP contribution in [0.3, 0.4) is 0 Å². The van der Waals surface area contributed by atoms with Gasteiger partial charge in [-0.15, -0.1) is 11.8 Å². The highest BCUT2D eigenvalue weighted by Gasteiger charge is 2.08. The number of rotatable bonds is 10. The van der Waals surface area contributed by atoms with Crippen LogP contribution in [0.15, 0.2) is 24.3 Å². The van der Waals surface area contributed by atoms with Gasteiger partial charge in [0.15, 0.2) is 0 Å². The van der Waals surface area contributed by atoms with Gasteiger partial charge in [-0.3, -0.25) is 4.79 Å². The number of hydrogen-bond donors (Lipinski definition) is 1. The van der Waals surface area contributed by atoms with Crippen LogP contribution in [0.2, 0.25) is 0 Å². The third-order valence-corrected chi connectivity index (χ3v) is 4.76. The lowest BCUT2D eigenvalue weighted by atomic mass is 9.99. The molecule has 0 aliphatic heterocycles. The van der Waals surface area contributed by atoms with Crippen molar-refractivity contribution in [3.63, 3.8) is 0 Å². The van der Waals surface area contributed by atoms with Crippen molar-refractivity contribution in [3.8, 4) is 0 Å². The molecule has 118 valence electrons. The first-order valence-electron chi connectivity index (χ1n) is 8.05. The summed E-state index contributed by atoms with van der Waals surface area (Å²) in [5.74, 6) is 2.26. The Kier molecular flexibility index (Phi) is 9.24. The zero-order chi connectivity index (χ0) is 15.5. The molecule has 0 heterocycles. The predicted molar refractivity (Wildman–Crippen MR) is 93.7 cm³/mol. The fraction of sp³-hybridized carbons (Fsp3) is 0.611. The summed E-state index contributed by atoms with van der Waals surface area (Å²) in [7, 11) is 0. The molecule has 0 saturated carbocycles. The average Bonchev–Trinajstić information content (AvgIpc) is 2.49. The summed E-state index contributed by atoms with van der Waals surface area (Å²) in [5.41, 5.74) is 2.56. The first-order chi connectivity index (χ1) is 10.2. The zero-order valence-electron chi connectivity index (χ0n) is 13.7. The van der Waals surface area contributed by atoms with E-state index in [9.17, 15) is 4.79 Å². The third kappa shape index (κ3) is 8.15. The molecular weight excluding hydrogens is 278 g/mol. The van der Waals surface area contributed by atoms with E-state index >= 15 is 0 Å². The Balaban J connectivity index is 2.17. The minimum atomic E-state index is 0.169. The smallest absolute Gasteiger partial charge is 0.230 e. The number of unbranched alkanes of at least 4 members (excludes halogenated alkanes) is 1. The van der Waals surface area contributed by atoms with Gasteiger partial charge in [-0.25, -0.2) is 0 Å². The minimum absolute atomic E-state index is 0.169. The summed E-state index contributed by atoms with van der Waals surface area (Å²) in [5, 5.41) is 3.08. The van der Waals surface area contributed by atoms with Crippen LogP contribution in [0, 0.1) is 12.8 Å². The summed E-state index contributed by atoms with van der Waals surface area (Å²) in [4.78, 5) is 11.8. The van der Waals surface area contributed by atoms with Gasteiger partial charge in [0.05, 0.1) is 5.75 Å². The Labute approximate surface area is 134 Å². The summed E-state index contributed by atoms with van der Waals surface area (Å²) < 4.78 is 0. The Morgan fingerprint density at radius 2 is 1.95 bits per heavy atom. The quantitative estimate of drug-likeness (QED) is 0.686. The molecule has 21 heavy (non-hydrogen) atoms. The first kappa shape index (κ1) is 18.1. The molecule has 2 nitrogen and oxygen atoms in total. The van der Waals surface area contributed by atoms with Gasteiger partial charge >= 0.3 is 0 Å². The number of carbonyl (C=O) groups excluding carboxylic acids is 1. The van der Waals surface area contributed by atoms with Crippen LogP contribution >= 0.6 is 11.8 Å². The number of carbonyl (C=O) groups is 1. The lowest BCUT2D eigenvalue weighted by Crippen LogP contribution is -2.30. The van der Waals surface area contributed by atoms with Crippen LogP contribution in [0.5, 0.6) is 0 Å². The summed E-state index contributed by atoms with van der Waals surface area (Å²) in [6.45, 7) is 7.35. The third-order valence-electron chi connectivity index (χ3n) is 3.75. The molecule has 0 radical (unpaired) electrons. The van der Waals surface area contributed by atoms with Crippen LogP contribution in [0.4, 0.5) is 0 Å². The molecule has 3 heteroatoms. The second-order valence-corrected chi connectivity index (χ2v) is 6.68. The van der Waals surface area contributed by atoms with E-state index in [-0.39, 0.29) is 5.91 Å². The molecule has 0 saturated heterocycles. The molecule has 1 aromatic rings. The highest BCUT2D eigenvalue weighted by Crippen LogP contribution is 2.13. The van der Waals surface area contributed by atoms with Gasteiger partial charge in [-0.05, 0) is 24.8 Å². The van der Waals surface area contributed by atoms with Crippen molar-refractivity contribution in [3.05, 3.63) is 35.4 Å². The van der Waals surface area contributed by atoms with Crippen molar-refractivity contribution in [1.82, 2.24) is 5.32 Å². The lowest BCUT2D eigenvalue weighted by Gasteiger charge is -2.15. The normalized spacial score (nSPS) is 12.1.